The summed E-state index contributed by atoms with van der Waals surface area (Å²) in [5.41, 5.74) is 0. The first-order valence-corrected chi connectivity index (χ1v) is 22.2. The topological polar surface area (TPSA) is 61.8 Å². The van der Waals surface area contributed by atoms with Crippen LogP contribution in [0.3, 0.4) is 0 Å². The number of ether oxygens (including phenoxy) is 3. The number of hydrogen-bond donors (Lipinski definition) is 0. The molecule has 0 aliphatic heterocycles. The van der Waals surface area contributed by atoms with Gasteiger partial charge in [0.1, 0.15) is 6.61 Å². The Morgan fingerprint density at radius 1 is 0.420 bits per heavy atom. The van der Waals surface area contributed by atoms with Crippen molar-refractivity contribution in [2.45, 2.75) is 245 Å². The lowest BCUT2D eigenvalue weighted by atomic mass is 10.1. The van der Waals surface area contributed by atoms with E-state index in [0.717, 1.165) is 44.9 Å². The molecule has 0 bridgehead atoms. The van der Waals surface area contributed by atoms with Crippen molar-refractivity contribution < 1.29 is 23.8 Å². The van der Waals surface area contributed by atoms with Crippen LogP contribution in [0.4, 0.5) is 0 Å². The van der Waals surface area contributed by atoms with Crippen LogP contribution < -0.4 is 0 Å². The largest absolute Gasteiger partial charge is 0.462 e. The van der Waals surface area contributed by atoms with Crippen LogP contribution in [-0.4, -0.2) is 37.9 Å². The van der Waals surface area contributed by atoms with E-state index in [1.54, 1.807) is 0 Å². The Hall–Kier alpha value is -1.36. The fourth-order valence-corrected chi connectivity index (χ4v) is 6.45. The predicted octanol–water partition coefficient (Wildman–Crippen LogP) is 14.3. The minimum atomic E-state index is -0.526. The maximum atomic E-state index is 12.7. The number of carbonyl (C=O) groups excluding carboxylic acids is 2. The molecule has 0 amide bonds. The van der Waals surface area contributed by atoms with Gasteiger partial charge in [-0.2, -0.15) is 0 Å². The molecule has 0 aromatic carbocycles. The van der Waals surface area contributed by atoms with Crippen molar-refractivity contribution in [3.05, 3.63) is 12.2 Å². The first kappa shape index (κ1) is 48.6. The number of carbonyl (C=O) groups is 2. The Morgan fingerprint density at radius 3 is 1.24 bits per heavy atom. The van der Waals surface area contributed by atoms with Crippen molar-refractivity contribution in [1.29, 1.82) is 0 Å². The fraction of sp³-hybridized carbons (Fsp3) is 0.911. The second kappa shape index (κ2) is 42.1. The normalized spacial score (nSPS) is 12.1. The molecule has 0 rings (SSSR count). The Morgan fingerprint density at radius 2 is 0.780 bits per heavy atom. The van der Waals surface area contributed by atoms with Gasteiger partial charge >= 0.3 is 11.9 Å². The van der Waals surface area contributed by atoms with Crippen molar-refractivity contribution >= 4 is 11.9 Å². The van der Waals surface area contributed by atoms with E-state index in [4.69, 9.17) is 14.2 Å². The highest BCUT2D eigenvalue weighted by Gasteiger charge is 2.17. The zero-order valence-electron chi connectivity index (χ0n) is 33.9. The summed E-state index contributed by atoms with van der Waals surface area (Å²) in [6, 6.07) is 0. The lowest BCUT2D eigenvalue weighted by Gasteiger charge is -2.18. The van der Waals surface area contributed by atoms with E-state index in [1.807, 2.05) is 0 Å². The summed E-state index contributed by atoms with van der Waals surface area (Å²) in [6.45, 7) is 7.82. The Labute approximate surface area is 312 Å². The fourth-order valence-electron chi connectivity index (χ4n) is 6.45. The van der Waals surface area contributed by atoms with Crippen LogP contribution in [0, 0.1) is 0 Å². The third-order valence-electron chi connectivity index (χ3n) is 9.80. The first-order valence-electron chi connectivity index (χ1n) is 22.2. The van der Waals surface area contributed by atoms with Crippen molar-refractivity contribution in [3.8, 4) is 0 Å². The Balaban J connectivity index is 4.21. The lowest BCUT2D eigenvalue weighted by Crippen LogP contribution is -2.30. The minimum absolute atomic E-state index is 0.0889. The average molecular weight is 707 g/mol. The Kier molecular flexibility index (Phi) is 40.9. The molecular formula is C45H86O5. The van der Waals surface area contributed by atoms with Gasteiger partial charge in [-0.25, -0.2) is 0 Å². The number of hydrogen-bond acceptors (Lipinski definition) is 5. The smallest absolute Gasteiger partial charge is 0.306 e. The highest BCUT2D eigenvalue weighted by atomic mass is 16.6. The van der Waals surface area contributed by atoms with Crippen LogP contribution in [0.25, 0.3) is 0 Å². The van der Waals surface area contributed by atoms with Gasteiger partial charge in [0.25, 0.3) is 0 Å². The van der Waals surface area contributed by atoms with Crippen LogP contribution in [0.15, 0.2) is 12.2 Å². The average Bonchev–Trinajstić information content (AvgIpc) is 3.11. The summed E-state index contributed by atoms with van der Waals surface area (Å²) < 4.78 is 17.3. The third kappa shape index (κ3) is 39.4. The molecule has 1 atom stereocenters. The van der Waals surface area contributed by atoms with Crippen molar-refractivity contribution in [2.24, 2.45) is 0 Å². The van der Waals surface area contributed by atoms with E-state index < -0.39 is 6.10 Å². The van der Waals surface area contributed by atoms with Gasteiger partial charge in [0, 0.05) is 19.4 Å². The highest BCUT2D eigenvalue weighted by Crippen LogP contribution is 2.14. The molecule has 0 fully saturated rings. The molecule has 50 heavy (non-hydrogen) atoms. The van der Waals surface area contributed by atoms with Gasteiger partial charge in [-0.1, -0.05) is 193 Å². The molecule has 0 aliphatic carbocycles. The van der Waals surface area contributed by atoms with Gasteiger partial charge in [-0.05, 0) is 44.9 Å². The molecule has 5 heteroatoms. The van der Waals surface area contributed by atoms with Gasteiger partial charge in [0.15, 0.2) is 6.10 Å². The second-order valence-corrected chi connectivity index (χ2v) is 15.0. The minimum Gasteiger partial charge on any atom is -0.462 e. The SMILES string of the molecule is CCCCCC/C=C\CCCCCCCC(=O)OCC(COCCCCCCCCCCCC)OC(=O)CCCCCCCCCCCCC. The number of allylic oxidation sites excluding steroid dienone is 2. The molecule has 0 heterocycles. The summed E-state index contributed by atoms with van der Waals surface area (Å²) in [5, 5.41) is 0. The highest BCUT2D eigenvalue weighted by molar-refractivity contribution is 5.70. The molecule has 0 aromatic heterocycles. The molecule has 1 unspecified atom stereocenters. The van der Waals surface area contributed by atoms with Crippen LogP contribution in [0.1, 0.15) is 239 Å². The Bertz CT molecular complexity index is 720. The first-order chi connectivity index (χ1) is 24.6. The molecule has 0 saturated heterocycles. The van der Waals surface area contributed by atoms with Crippen LogP contribution in [0.5, 0.6) is 0 Å². The number of rotatable bonds is 41. The zero-order chi connectivity index (χ0) is 36.4. The number of unbranched alkanes of at least 4 members (excludes halogenated alkanes) is 28. The molecule has 0 radical (unpaired) electrons. The van der Waals surface area contributed by atoms with Gasteiger partial charge in [-0.3, -0.25) is 9.59 Å². The van der Waals surface area contributed by atoms with Gasteiger partial charge in [-0.15, -0.1) is 0 Å². The van der Waals surface area contributed by atoms with Crippen LogP contribution in [0.2, 0.25) is 0 Å². The van der Waals surface area contributed by atoms with E-state index in [2.05, 4.69) is 32.9 Å². The molecule has 0 N–H and O–H groups in total. The molecule has 296 valence electrons. The molecule has 5 nitrogen and oxygen atoms in total. The number of esters is 2. The molecule has 0 saturated carbocycles. The standard InChI is InChI=1S/C45H86O5/c1-4-7-10-13-16-19-22-23-25-26-29-32-35-38-44(46)49-42-43(41-48-40-37-34-31-28-21-18-15-12-9-6-3)50-45(47)39-36-33-30-27-24-20-17-14-11-8-5-2/h19,22,43H,4-18,20-21,23-42H2,1-3H3/b22-19-. The maximum absolute atomic E-state index is 12.7. The predicted molar refractivity (Wildman–Crippen MR) is 215 cm³/mol. The van der Waals surface area contributed by atoms with Gasteiger partial charge < -0.3 is 14.2 Å². The second-order valence-electron chi connectivity index (χ2n) is 15.0. The van der Waals surface area contributed by atoms with Crippen molar-refractivity contribution in [2.75, 3.05) is 19.8 Å². The third-order valence-corrected chi connectivity index (χ3v) is 9.80. The lowest BCUT2D eigenvalue weighted by molar-refractivity contribution is -0.163. The zero-order valence-corrected chi connectivity index (χ0v) is 33.9. The van der Waals surface area contributed by atoms with Gasteiger partial charge in [0.05, 0.1) is 6.61 Å². The van der Waals surface area contributed by atoms with E-state index in [0.29, 0.717) is 26.1 Å². The van der Waals surface area contributed by atoms with E-state index in [9.17, 15) is 9.59 Å². The van der Waals surface area contributed by atoms with Gasteiger partial charge in [0.2, 0.25) is 0 Å². The summed E-state index contributed by atoms with van der Waals surface area (Å²) >= 11 is 0. The van der Waals surface area contributed by atoms with E-state index >= 15 is 0 Å². The summed E-state index contributed by atoms with van der Waals surface area (Å²) in [7, 11) is 0. The van der Waals surface area contributed by atoms with E-state index in [1.165, 1.54) is 161 Å². The molecule has 0 spiro atoms. The quantitative estimate of drug-likeness (QED) is 0.0360. The molecular weight excluding hydrogens is 620 g/mol. The monoisotopic (exact) mass is 707 g/mol. The summed E-state index contributed by atoms with van der Waals surface area (Å²) in [4.78, 5) is 25.1. The summed E-state index contributed by atoms with van der Waals surface area (Å²) in [6.07, 6.45) is 44.8. The molecule has 0 aliphatic rings. The molecule has 0 aromatic rings. The van der Waals surface area contributed by atoms with E-state index in [-0.39, 0.29) is 18.5 Å². The van der Waals surface area contributed by atoms with Crippen LogP contribution >= 0.6 is 0 Å². The van der Waals surface area contributed by atoms with Crippen molar-refractivity contribution in [3.63, 3.8) is 0 Å². The maximum Gasteiger partial charge on any atom is 0.306 e. The summed E-state index contributed by atoms with van der Waals surface area (Å²) in [5.74, 6) is -0.395. The van der Waals surface area contributed by atoms with Crippen LogP contribution in [-0.2, 0) is 23.8 Å². The van der Waals surface area contributed by atoms with Crippen molar-refractivity contribution in [1.82, 2.24) is 0 Å².